The fourth-order valence-corrected chi connectivity index (χ4v) is 2.37. The average Bonchev–Trinajstić information content (AvgIpc) is 2.35. The Labute approximate surface area is 106 Å². The summed E-state index contributed by atoms with van der Waals surface area (Å²) < 4.78 is 0. The molecule has 0 unspecified atom stereocenters. The van der Waals surface area contributed by atoms with Crippen LogP contribution in [0.15, 0.2) is 24.3 Å². The fraction of sp³-hybridized carbons (Fsp3) is 0.429. The first-order chi connectivity index (χ1) is 8.58. The number of rotatable bonds is 3. The number of carbonyl (C=O) groups excluding carboxylic acids is 1. The van der Waals surface area contributed by atoms with E-state index in [1.54, 1.807) is 4.90 Å². The van der Waals surface area contributed by atoms with Crippen LogP contribution in [0, 0.1) is 0 Å². The second-order valence-corrected chi connectivity index (χ2v) is 4.74. The average molecular weight is 247 g/mol. The van der Waals surface area contributed by atoms with Crippen molar-refractivity contribution < 1.29 is 14.7 Å². The first-order valence-electron chi connectivity index (χ1n) is 6.16. The number of carbonyl (C=O) groups is 2. The van der Waals surface area contributed by atoms with E-state index < -0.39 is 5.97 Å². The van der Waals surface area contributed by atoms with Gasteiger partial charge in [0.2, 0.25) is 5.91 Å². The number of hydrogen-bond acceptors (Lipinski definition) is 2. The highest BCUT2D eigenvalue weighted by Gasteiger charge is 2.26. The zero-order valence-corrected chi connectivity index (χ0v) is 10.4. The number of nitrogens with zero attached hydrogens (tertiary/aromatic N) is 1. The SMILES string of the molecule is C[C@H]1Cc2ccccc2CN1C(=O)CCC(=O)O. The molecule has 0 radical (unpaired) electrons. The summed E-state index contributed by atoms with van der Waals surface area (Å²) in [7, 11) is 0. The number of benzene rings is 1. The van der Waals surface area contributed by atoms with Gasteiger partial charge in [0, 0.05) is 19.0 Å². The maximum atomic E-state index is 12.0. The van der Waals surface area contributed by atoms with E-state index in [1.807, 2.05) is 25.1 Å². The standard InChI is InChI=1S/C14H17NO3/c1-10-8-11-4-2-3-5-12(11)9-15(10)13(16)6-7-14(17)18/h2-5,10H,6-9H2,1H3,(H,17,18)/t10-/m0/s1. The summed E-state index contributed by atoms with van der Waals surface area (Å²) in [5.41, 5.74) is 2.45. The molecule has 1 N–H and O–H groups in total. The maximum absolute atomic E-state index is 12.0. The normalized spacial score (nSPS) is 18.3. The molecule has 18 heavy (non-hydrogen) atoms. The molecule has 0 saturated heterocycles. The summed E-state index contributed by atoms with van der Waals surface area (Å²) in [4.78, 5) is 24.3. The highest BCUT2D eigenvalue weighted by Crippen LogP contribution is 2.23. The molecule has 0 fully saturated rings. The molecule has 1 atom stereocenters. The third-order valence-electron chi connectivity index (χ3n) is 3.38. The Bertz CT molecular complexity index is 470. The van der Waals surface area contributed by atoms with Crippen LogP contribution in [0.3, 0.4) is 0 Å². The van der Waals surface area contributed by atoms with Crippen molar-refractivity contribution in [3.8, 4) is 0 Å². The van der Waals surface area contributed by atoms with E-state index >= 15 is 0 Å². The van der Waals surface area contributed by atoms with Crippen LogP contribution in [0.1, 0.15) is 30.9 Å². The van der Waals surface area contributed by atoms with Crippen molar-refractivity contribution in [3.05, 3.63) is 35.4 Å². The van der Waals surface area contributed by atoms with Crippen molar-refractivity contribution in [3.63, 3.8) is 0 Å². The van der Waals surface area contributed by atoms with E-state index in [0.29, 0.717) is 6.54 Å². The van der Waals surface area contributed by atoms with Gasteiger partial charge in [0.25, 0.3) is 0 Å². The lowest BCUT2D eigenvalue weighted by molar-refractivity contribution is -0.142. The van der Waals surface area contributed by atoms with Gasteiger partial charge < -0.3 is 10.0 Å². The smallest absolute Gasteiger partial charge is 0.303 e. The lowest BCUT2D eigenvalue weighted by atomic mass is 9.94. The highest BCUT2D eigenvalue weighted by molar-refractivity contribution is 5.81. The summed E-state index contributed by atoms with van der Waals surface area (Å²) >= 11 is 0. The summed E-state index contributed by atoms with van der Waals surface area (Å²) in [6.07, 6.45) is 0.834. The third-order valence-corrected chi connectivity index (χ3v) is 3.38. The molecule has 0 saturated carbocycles. The van der Waals surface area contributed by atoms with Gasteiger partial charge in [-0.2, -0.15) is 0 Å². The molecule has 1 aliphatic rings. The number of carboxylic acids is 1. The number of fused-ring (bicyclic) bond motifs is 1. The number of carboxylic acid groups (broad SMARTS) is 1. The molecule has 1 amide bonds. The molecule has 2 rings (SSSR count). The van der Waals surface area contributed by atoms with Gasteiger partial charge in [-0.15, -0.1) is 0 Å². The highest BCUT2D eigenvalue weighted by atomic mass is 16.4. The third kappa shape index (κ3) is 2.70. The van der Waals surface area contributed by atoms with Crippen molar-refractivity contribution in [2.45, 2.75) is 38.8 Å². The van der Waals surface area contributed by atoms with Crippen molar-refractivity contribution in [2.24, 2.45) is 0 Å². The second-order valence-electron chi connectivity index (χ2n) is 4.74. The molecule has 1 heterocycles. The Morgan fingerprint density at radius 3 is 2.61 bits per heavy atom. The van der Waals surface area contributed by atoms with E-state index in [4.69, 9.17) is 5.11 Å². The molecule has 1 aliphatic heterocycles. The Hall–Kier alpha value is -1.84. The van der Waals surface area contributed by atoms with Crippen LogP contribution in [0.25, 0.3) is 0 Å². The number of amides is 1. The zero-order valence-electron chi connectivity index (χ0n) is 10.4. The summed E-state index contributed by atoms with van der Waals surface area (Å²) in [5.74, 6) is -0.993. The molecule has 1 aromatic rings. The van der Waals surface area contributed by atoms with Gasteiger partial charge in [-0.25, -0.2) is 0 Å². The van der Waals surface area contributed by atoms with Crippen LogP contribution in [0.4, 0.5) is 0 Å². The molecular weight excluding hydrogens is 230 g/mol. The summed E-state index contributed by atoms with van der Waals surface area (Å²) in [6.45, 7) is 2.60. The van der Waals surface area contributed by atoms with Gasteiger partial charge in [0.1, 0.15) is 0 Å². The topological polar surface area (TPSA) is 57.6 Å². The Morgan fingerprint density at radius 2 is 1.94 bits per heavy atom. The first kappa shape index (κ1) is 12.6. The predicted octanol–water partition coefficient (Wildman–Crippen LogP) is 1.82. The molecule has 0 bridgehead atoms. The van der Waals surface area contributed by atoms with E-state index in [9.17, 15) is 9.59 Å². The van der Waals surface area contributed by atoms with Gasteiger partial charge in [0.15, 0.2) is 0 Å². The van der Waals surface area contributed by atoms with Gasteiger partial charge in [-0.05, 0) is 24.5 Å². The van der Waals surface area contributed by atoms with Crippen LogP contribution in [0.5, 0.6) is 0 Å². The minimum absolute atomic E-state index is 0.0700. The van der Waals surface area contributed by atoms with Crippen LogP contribution in [-0.4, -0.2) is 27.9 Å². The molecule has 0 aromatic heterocycles. The minimum Gasteiger partial charge on any atom is -0.481 e. The van der Waals surface area contributed by atoms with Crippen molar-refractivity contribution >= 4 is 11.9 Å². The van der Waals surface area contributed by atoms with Gasteiger partial charge in [-0.3, -0.25) is 9.59 Å². The lowest BCUT2D eigenvalue weighted by Gasteiger charge is -2.35. The van der Waals surface area contributed by atoms with Crippen LogP contribution < -0.4 is 0 Å². The molecule has 0 spiro atoms. The van der Waals surface area contributed by atoms with Crippen molar-refractivity contribution in [1.29, 1.82) is 0 Å². The molecular formula is C14H17NO3. The van der Waals surface area contributed by atoms with E-state index in [0.717, 1.165) is 6.42 Å². The molecule has 1 aromatic carbocycles. The molecule has 0 aliphatic carbocycles. The van der Waals surface area contributed by atoms with Crippen molar-refractivity contribution in [1.82, 2.24) is 4.90 Å². The minimum atomic E-state index is -0.923. The van der Waals surface area contributed by atoms with Crippen LogP contribution in [-0.2, 0) is 22.6 Å². The summed E-state index contributed by atoms with van der Waals surface area (Å²) in [5, 5.41) is 8.61. The quantitative estimate of drug-likeness (QED) is 0.886. The zero-order chi connectivity index (χ0) is 13.1. The Balaban J connectivity index is 2.07. The maximum Gasteiger partial charge on any atom is 0.303 e. The second kappa shape index (κ2) is 5.21. The molecule has 4 nitrogen and oxygen atoms in total. The van der Waals surface area contributed by atoms with E-state index in [-0.39, 0.29) is 24.8 Å². The van der Waals surface area contributed by atoms with Gasteiger partial charge >= 0.3 is 5.97 Å². The Kier molecular flexibility index (Phi) is 3.65. The predicted molar refractivity (Wildman–Crippen MR) is 67.0 cm³/mol. The van der Waals surface area contributed by atoms with Crippen molar-refractivity contribution in [2.75, 3.05) is 0 Å². The lowest BCUT2D eigenvalue weighted by Crippen LogP contribution is -2.42. The van der Waals surface area contributed by atoms with Crippen LogP contribution in [0.2, 0.25) is 0 Å². The summed E-state index contributed by atoms with van der Waals surface area (Å²) in [6, 6.07) is 8.23. The largest absolute Gasteiger partial charge is 0.481 e. The van der Waals surface area contributed by atoms with Gasteiger partial charge in [0.05, 0.1) is 6.42 Å². The number of hydrogen-bond donors (Lipinski definition) is 1. The monoisotopic (exact) mass is 247 g/mol. The number of aliphatic carboxylic acids is 1. The molecule has 4 heteroatoms. The van der Waals surface area contributed by atoms with Crippen LogP contribution >= 0.6 is 0 Å². The first-order valence-corrected chi connectivity index (χ1v) is 6.16. The van der Waals surface area contributed by atoms with E-state index in [1.165, 1.54) is 11.1 Å². The van der Waals surface area contributed by atoms with E-state index in [2.05, 4.69) is 6.07 Å². The molecule has 96 valence electrons. The van der Waals surface area contributed by atoms with Gasteiger partial charge in [-0.1, -0.05) is 24.3 Å². The fourth-order valence-electron chi connectivity index (χ4n) is 2.37. The Morgan fingerprint density at radius 1 is 1.28 bits per heavy atom.